The van der Waals surface area contributed by atoms with E-state index in [1.54, 1.807) is 0 Å². The van der Waals surface area contributed by atoms with Crippen LogP contribution in [-0.4, -0.2) is 28.6 Å². The summed E-state index contributed by atoms with van der Waals surface area (Å²) in [4.78, 5) is 0. The number of hydrogen-bond acceptors (Lipinski definition) is 2. The lowest BCUT2D eigenvalue weighted by Crippen LogP contribution is -2.29. The van der Waals surface area contributed by atoms with Crippen LogP contribution < -0.4 is 0 Å². The first kappa shape index (κ1) is 26.4. The fourth-order valence-electron chi connectivity index (χ4n) is 3.85. The van der Waals surface area contributed by atoms with Crippen molar-refractivity contribution in [2.24, 2.45) is 11.8 Å². The van der Waals surface area contributed by atoms with E-state index in [9.17, 15) is 0 Å². The van der Waals surface area contributed by atoms with Crippen LogP contribution in [0.1, 0.15) is 90.2 Å². The summed E-state index contributed by atoms with van der Waals surface area (Å²) < 4.78 is 12.8. The van der Waals surface area contributed by atoms with E-state index in [0.717, 1.165) is 13.2 Å². The zero-order chi connectivity index (χ0) is 21.3. The van der Waals surface area contributed by atoms with E-state index in [-0.39, 0.29) is 5.91 Å². The molecule has 2 atom stereocenters. The maximum Gasteiger partial charge on any atom is 0.134 e. The number of hydrogen-bond donors (Lipinski definition) is 0. The van der Waals surface area contributed by atoms with E-state index in [0.29, 0.717) is 11.8 Å². The van der Waals surface area contributed by atoms with Gasteiger partial charge in [0.2, 0.25) is 0 Å². The van der Waals surface area contributed by atoms with Crippen molar-refractivity contribution in [2.45, 2.75) is 104 Å². The molecule has 0 aromatic heterocycles. The molecule has 1 aromatic carbocycles. The molecule has 1 rings (SSSR count). The van der Waals surface area contributed by atoms with Crippen LogP contribution >= 0.6 is 0 Å². The highest BCUT2D eigenvalue weighted by molar-refractivity contribution is 6.36. The van der Waals surface area contributed by atoms with Crippen LogP contribution in [-0.2, 0) is 15.9 Å². The Bertz CT molecular complexity index is 485. The Morgan fingerprint density at radius 3 is 1.86 bits per heavy atom. The molecule has 0 saturated carbocycles. The first-order chi connectivity index (χ1) is 14.1. The van der Waals surface area contributed by atoms with Crippen molar-refractivity contribution in [3.63, 3.8) is 0 Å². The monoisotopic (exact) mass is 420 g/mol. The van der Waals surface area contributed by atoms with Crippen molar-refractivity contribution < 1.29 is 9.47 Å². The van der Waals surface area contributed by atoms with Crippen molar-refractivity contribution in [1.82, 2.24) is 0 Å². The molecule has 0 aliphatic rings. The average molecular weight is 421 g/mol. The SMILES string of the molecule is CCCCC(CC)COC(OCC(CC)CCCC)[SiH2]CCc1ccccc1C. The zero-order valence-corrected chi connectivity index (χ0v) is 21.5. The summed E-state index contributed by atoms with van der Waals surface area (Å²) in [6, 6.07) is 10.0. The second-order valence-corrected chi connectivity index (χ2v) is 10.7. The highest BCUT2D eigenvalue weighted by atomic mass is 28.2. The molecule has 0 amide bonds. The molecule has 3 heteroatoms. The normalized spacial score (nSPS) is 15.1. The Morgan fingerprint density at radius 2 is 1.38 bits per heavy atom. The van der Waals surface area contributed by atoms with E-state index in [4.69, 9.17) is 9.47 Å². The Kier molecular flexibility index (Phi) is 15.5. The molecule has 0 aliphatic carbocycles. The second-order valence-electron chi connectivity index (χ2n) is 8.75. The zero-order valence-electron chi connectivity index (χ0n) is 20.1. The largest absolute Gasteiger partial charge is 0.357 e. The Balaban J connectivity index is 2.54. The van der Waals surface area contributed by atoms with Crippen LogP contribution in [0, 0.1) is 18.8 Å². The summed E-state index contributed by atoms with van der Waals surface area (Å²) in [6.45, 7) is 13.1. The maximum absolute atomic E-state index is 6.40. The fraction of sp³-hybridized carbons (Fsp3) is 0.769. The molecule has 0 aliphatic heterocycles. The third kappa shape index (κ3) is 12.0. The fourth-order valence-corrected chi connectivity index (χ4v) is 5.37. The van der Waals surface area contributed by atoms with Crippen LogP contribution in [0.15, 0.2) is 24.3 Å². The van der Waals surface area contributed by atoms with Gasteiger partial charge in [0, 0.05) is 0 Å². The molecule has 168 valence electrons. The van der Waals surface area contributed by atoms with Gasteiger partial charge in [-0.05, 0) is 49.1 Å². The van der Waals surface area contributed by atoms with Crippen molar-refractivity contribution in [3.8, 4) is 0 Å². The maximum atomic E-state index is 6.40. The summed E-state index contributed by atoms with van der Waals surface area (Å²) in [6.07, 6.45) is 11.4. The lowest BCUT2D eigenvalue weighted by atomic mass is 10.0. The van der Waals surface area contributed by atoms with Gasteiger partial charge in [0.1, 0.15) is 5.91 Å². The summed E-state index contributed by atoms with van der Waals surface area (Å²) in [5, 5.41) is 0. The van der Waals surface area contributed by atoms with Gasteiger partial charge in [-0.1, -0.05) is 96.5 Å². The Morgan fingerprint density at radius 1 is 0.828 bits per heavy atom. The van der Waals surface area contributed by atoms with Gasteiger partial charge in [-0.2, -0.15) is 0 Å². The minimum Gasteiger partial charge on any atom is -0.357 e. The molecule has 2 nitrogen and oxygen atoms in total. The predicted molar refractivity (Wildman–Crippen MR) is 131 cm³/mol. The Labute approximate surface area is 184 Å². The highest BCUT2D eigenvalue weighted by Crippen LogP contribution is 2.17. The third-order valence-corrected chi connectivity index (χ3v) is 7.97. The van der Waals surface area contributed by atoms with Crippen molar-refractivity contribution in [2.75, 3.05) is 13.2 Å². The van der Waals surface area contributed by atoms with Gasteiger partial charge in [-0.25, -0.2) is 0 Å². The number of ether oxygens (including phenoxy) is 2. The molecule has 0 N–H and O–H groups in total. The number of unbranched alkanes of at least 4 members (excludes halogenated alkanes) is 2. The molecule has 29 heavy (non-hydrogen) atoms. The minimum atomic E-state index is -0.419. The summed E-state index contributed by atoms with van der Waals surface area (Å²) in [5.74, 6) is 1.47. The van der Waals surface area contributed by atoms with Crippen LogP contribution in [0.5, 0.6) is 0 Å². The van der Waals surface area contributed by atoms with Gasteiger partial charge in [-0.3, -0.25) is 0 Å². The van der Waals surface area contributed by atoms with Crippen LogP contribution in [0.4, 0.5) is 0 Å². The van der Waals surface area contributed by atoms with E-state index < -0.39 is 9.52 Å². The van der Waals surface area contributed by atoms with Crippen molar-refractivity contribution >= 4 is 9.52 Å². The van der Waals surface area contributed by atoms with Gasteiger partial charge in [0.05, 0.1) is 22.7 Å². The van der Waals surface area contributed by atoms with Gasteiger partial charge >= 0.3 is 0 Å². The third-order valence-electron chi connectivity index (χ3n) is 6.27. The van der Waals surface area contributed by atoms with Crippen molar-refractivity contribution in [3.05, 3.63) is 35.4 Å². The molecule has 0 radical (unpaired) electrons. The summed E-state index contributed by atoms with van der Waals surface area (Å²) in [5.41, 5.74) is 2.90. The lowest BCUT2D eigenvalue weighted by Gasteiger charge is -2.24. The second kappa shape index (κ2) is 17.1. The molecule has 0 bridgehead atoms. The molecule has 0 fully saturated rings. The van der Waals surface area contributed by atoms with E-state index in [1.165, 1.54) is 75.0 Å². The smallest absolute Gasteiger partial charge is 0.134 e. The van der Waals surface area contributed by atoms with Gasteiger partial charge in [0.25, 0.3) is 0 Å². The van der Waals surface area contributed by atoms with E-state index >= 15 is 0 Å². The number of rotatable bonds is 18. The number of aryl methyl sites for hydroxylation is 2. The van der Waals surface area contributed by atoms with E-state index in [1.807, 2.05) is 0 Å². The lowest BCUT2D eigenvalue weighted by molar-refractivity contribution is -0.110. The Hall–Kier alpha value is -0.643. The van der Waals surface area contributed by atoms with Gasteiger partial charge in [0.15, 0.2) is 0 Å². The molecule has 0 heterocycles. The molecule has 1 aromatic rings. The minimum absolute atomic E-state index is 0.0883. The predicted octanol–water partition coefficient (Wildman–Crippen LogP) is 6.87. The average Bonchev–Trinajstić information content (AvgIpc) is 2.74. The molecule has 2 unspecified atom stereocenters. The number of benzene rings is 1. The van der Waals surface area contributed by atoms with Gasteiger partial charge < -0.3 is 9.47 Å². The van der Waals surface area contributed by atoms with Crippen LogP contribution in [0.25, 0.3) is 0 Å². The standard InChI is InChI=1S/C26H48O2Si/c1-6-10-15-23(8-3)20-27-26(28-21-24(9-4)16-11-7-2)29-19-18-25-17-13-12-14-22(25)5/h12-14,17,23-24,26H,6-11,15-16,18-21,29H2,1-5H3. The van der Waals surface area contributed by atoms with E-state index in [2.05, 4.69) is 58.9 Å². The molecule has 0 saturated heterocycles. The summed E-state index contributed by atoms with van der Waals surface area (Å²) in [7, 11) is -0.419. The molecule has 0 spiro atoms. The molecular weight excluding hydrogens is 372 g/mol. The highest BCUT2D eigenvalue weighted by Gasteiger charge is 2.16. The van der Waals surface area contributed by atoms with Crippen molar-refractivity contribution in [1.29, 1.82) is 0 Å². The first-order valence-corrected chi connectivity index (χ1v) is 14.2. The molecular formula is C26H48O2Si. The first-order valence-electron chi connectivity index (χ1n) is 12.4. The van der Waals surface area contributed by atoms with Crippen LogP contribution in [0.3, 0.4) is 0 Å². The summed E-state index contributed by atoms with van der Waals surface area (Å²) >= 11 is 0. The van der Waals surface area contributed by atoms with Crippen LogP contribution in [0.2, 0.25) is 6.04 Å². The quantitative estimate of drug-likeness (QED) is 0.190. The topological polar surface area (TPSA) is 18.5 Å². The van der Waals surface area contributed by atoms with Gasteiger partial charge in [-0.15, -0.1) is 0 Å².